The van der Waals surface area contributed by atoms with E-state index in [1.165, 1.54) is 0 Å². The average Bonchev–Trinajstić information content (AvgIpc) is 3.38. The fourth-order valence-corrected chi connectivity index (χ4v) is 4.25. The first kappa shape index (κ1) is 17.8. The van der Waals surface area contributed by atoms with E-state index in [1.54, 1.807) is 0 Å². The zero-order valence-electron chi connectivity index (χ0n) is 15.0. The molecule has 1 N–H and O–H groups in total. The Morgan fingerprint density at radius 1 is 1.15 bits per heavy atom. The second-order valence-electron chi connectivity index (χ2n) is 7.86. The smallest absolute Gasteiger partial charge is 0.234 e. The number of piperazine rings is 1. The third-order valence-electron chi connectivity index (χ3n) is 5.96. The van der Waals surface area contributed by atoms with E-state index in [9.17, 15) is 9.59 Å². The quantitative estimate of drug-likeness (QED) is 0.858. The van der Waals surface area contributed by atoms with Crippen molar-refractivity contribution in [1.82, 2.24) is 15.1 Å². The number of amides is 2. The summed E-state index contributed by atoms with van der Waals surface area (Å²) in [6.07, 6.45) is 5.10. The van der Waals surface area contributed by atoms with Crippen LogP contribution in [0.4, 0.5) is 0 Å². The molecule has 140 valence electrons. The highest BCUT2D eigenvalue weighted by Crippen LogP contribution is 2.45. The van der Waals surface area contributed by atoms with E-state index in [0.717, 1.165) is 50.8 Å². The van der Waals surface area contributed by atoms with Crippen LogP contribution in [0.1, 0.15) is 37.7 Å². The lowest BCUT2D eigenvalue weighted by molar-refractivity contribution is -0.142. The summed E-state index contributed by atoms with van der Waals surface area (Å²) in [5.74, 6) is 0.342. The minimum atomic E-state index is -0.392. The van der Waals surface area contributed by atoms with Gasteiger partial charge in [-0.3, -0.25) is 14.5 Å². The summed E-state index contributed by atoms with van der Waals surface area (Å²) in [4.78, 5) is 29.4. The van der Waals surface area contributed by atoms with Crippen molar-refractivity contribution in [2.24, 2.45) is 0 Å². The van der Waals surface area contributed by atoms with E-state index in [2.05, 4.69) is 10.2 Å². The molecule has 4 rings (SSSR count). The molecule has 2 aliphatic carbocycles. The Hall–Kier alpha value is -1.59. The molecule has 0 radical (unpaired) electrons. The number of carbonyl (C=O) groups is 2. The summed E-state index contributed by atoms with van der Waals surface area (Å²) in [5, 5.41) is 3.72. The molecule has 3 aliphatic rings. The van der Waals surface area contributed by atoms with Crippen molar-refractivity contribution in [1.29, 1.82) is 0 Å². The molecule has 1 aromatic rings. The predicted molar refractivity (Wildman–Crippen MR) is 101 cm³/mol. The van der Waals surface area contributed by atoms with E-state index in [-0.39, 0.29) is 11.8 Å². The van der Waals surface area contributed by atoms with Crippen molar-refractivity contribution < 1.29 is 9.59 Å². The van der Waals surface area contributed by atoms with Gasteiger partial charge in [-0.25, -0.2) is 0 Å². The summed E-state index contributed by atoms with van der Waals surface area (Å²) in [5.41, 5.74) is 0.656. The molecule has 0 aromatic heterocycles. The minimum absolute atomic E-state index is 0.113. The molecule has 0 atom stereocenters. The van der Waals surface area contributed by atoms with Gasteiger partial charge in [-0.05, 0) is 43.4 Å². The van der Waals surface area contributed by atoms with Gasteiger partial charge in [0.05, 0.1) is 12.0 Å². The van der Waals surface area contributed by atoms with E-state index in [1.807, 2.05) is 29.2 Å². The van der Waals surface area contributed by atoms with Crippen LogP contribution >= 0.6 is 11.6 Å². The van der Waals surface area contributed by atoms with Gasteiger partial charge in [0.1, 0.15) is 0 Å². The predicted octanol–water partition coefficient (Wildman–Crippen LogP) is 2.18. The molecule has 1 heterocycles. The third kappa shape index (κ3) is 3.60. The number of carbonyl (C=O) groups excluding carboxylic acids is 2. The maximum absolute atomic E-state index is 13.3. The second kappa shape index (κ2) is 7.20. The average molecular weight is 376 g/mol. The fraction of sp³-hybridized carbons (Fsp3) is 0.600. The molecule has 26 heavy (non-hydrogen) atoms. The number of hydrogen-bond acceptors (Lipinski definition) is 3. The summed E-state index contributed by atoms with van der Waals surface area (Å²) in [7, 11) is 0. The second-order valence-corrected chi connectivity index (χ2v) is 8.29. The molecule has 6 heteroatoms. The Balaban J connectivity index is 1.36. The number of rotatable bonds is 5. The molecule has 0 spiro atoms. The van der Waals surface area contributed by atoms with E-state index >= 15 is 0 Å². The molecule has 0 bridgehead atoms. The van der Waals surface area contributed by atoms with Crippen LogP contribution in [0.5, 0.6) is 0 Å². The molecule has 1 saturated heterocycles. The maximum atomic E-state index is 13.3. The molecule has 1 aromatic carbocycles. The molecule has 3 fully saturated rings. The third-order valence-corrected chi connectivity index (χ3v) is 6.20. The van der Waals surface area contributed by atoms with Crippen LogP contribution in [0, 0.1) is 0 Å². The van der Waals surface area contributed by atoms with Gasteiger partial charge in [-0.1, -0.05) is 30.2 Å². The fourth-order valence-electron chi connectivity index (χ4n) is 4.06. The van der Waals surface area contributed by atoms with Gasteiger partial charge in [0.2, 0.25) is 11.8 Å². The van der Waals surface area contributed by atoms with E-state index in [0.29, 0.717) is 30.7 Å². The van der Waals surface area contributed by atoms with E-state index < -0.39 is 5.41 Å². The lowest BCUT2D eigenvalue weighted by atomic mass is 9.63. The van der Waals surface area contributed by atoms with Crippen LogP contribution in [0.3, 0.4) is 0 Å². The zero-order valence-corrected chi connectivity index (χ0v) is 15.8. The standard InChI is InChI=1S/C20H26ClN3O2/c21-16-4-1-3-15(13-16)20(7-2-8-20)19(26)24-11-9-23(10-12-24)14-18(25)22-17-5-6-17/h1,3-4,13,17H,2,5-12,14H2,(H,22,25). The molecule has 0 unspecified atom stereocenters. The van der Waals surface area contributed by atoms with Gasteiger partial charge in [-0.15, -0.1) is 0 Å². The van der Waals surface area contributed by atoms with Crippen LogP contribution < -0.4 is 5.32 Å². The number of benzene rings is 1. The Kier molecular flexibility index (Phi) is 4.93. The number of nitrogens with one attached hydrogen (secondary N) is 1. The van der Waals surface area contributed by atoms with Crippen molar-refractivity contribution in [3.63, 3.8) is 0 Å². The van der Waals surface area contributed by atoms with Crippen molar-refractivity contribution in [3.8, 4) is 0 Å². The van der Waals surface area contributed by atoms with E-state index in [4.69, 9.17) is 11.6 Å². The highest BCUT2D eigenvalue weighted by molar-refractivity contribution is 6.30. The summed E-state index contributed by atoms with van der Waals surface area (Å²) in [6.45, 7) is 3.35. The maximum Gasteiger partial charge on any atom is 0.234 e. The monoisotopic (exact) mass is 375 g/mol. The first-order chi connectivity index (χ1) is 12.6. The van der Waals surface area contributed by atoms with Crippen LogP contribution in [0.25, 0.3) is 0 Å². The van der Waals surface area contributed by atoms with Crippen LogP contribution in [0.2, 0.25) is 5.02 Å². The van der Waals surface area contributed by atoms with Gasteiger partial charge in [0.15, 0.2) is 0 Å². The normalized spacial score (nSPS) is 22.6. The topological polar surface area (TPSA) is 52.7 Å². The first-order valence-electron chi connectivity index (χ1n) is 9.64. The van der Waals surface area contributed by atoms with Crippen LogP contribution in [-0.4, -0.2) is 60.4 Å². The van der Waals surface area contributed by atoms with Crippen molar-refractivity contribution in [3.05, 3.63) is 34.9 Å². The Morgan fingerprint density at radius 3 is 2.46 bits per heavy atom. The molecular weight excluding hydrogens is 350 g/mol. The largest absolute Gasteiger partial charge is 0.352 e. The molecule has 5 nitrogen and oxygen atoms in total. The number of halogens is 1. The highest BCUT2D eigenvalue weighted by Gasteiger charge is 2.48. The van der Waals surface area contributed by atoms with Crippen molar-refractivity contribution in [2.45, 2.75) is 43.6 Å². The molecule has 2 amide bonds. The van der Waals surface area contributed by atoms with Crippen LogP contribution in [0.15, 0.2) is 24.3 Å². The first-order valence-corrected chi connectivity index (χ1v) is 10.0. The molecule has 1 aliphatic heterocycles. The van der Waals surface area contributed by atoms with Crippen LogP contribution in [-0.2, 0) is 15.0 Å². The Bertz CT molecular complexity index is 692. The lowest BCUT2D eigenvalue weighted by Crippen LogP contribution is -2.57. The Labute approximate surface area is 159 Å². The van der Waals surface area contributed by atoms with Gasteiger partial charge in [0.25, 0.3) is 0 Å². The lowest BCUT2D eigenvalue weighted by Gasteiger charge is -2.46. The van der Waals surface area contributed by atoms with Gasteiger partial charge >= 0.3 is 0 Å². The van der Waals surface area contributed by atoms with Gasteiger partial charge < -0.3 is 10.2 Å². The minimum Gasteiger partial charge on any atom is -0.352 e. The summed E-state index contributed by atoms with van der Waals surface area (Å²) < 4.78 is 0. The molecule has 2 saturated carbocycles. The SMILES string of the molecule is O=C(CN1CCN(C(=O)C2(c3cccc(Cl)c3)CCC2)CC1)NC1CC1. The zero-order chi connectivity index (χ0) is 18.1. The van der Waals surface area contributed by atoms with Crippen molar-refractivity contribution >= 4 is 23.4 Å². The summed E-state index contributed by atoms with van der Waals surface area (Å²) in [6, 6.07) is 8.16. The van der Waals surface area contributed by atoms with Gasteiger partial charge in [0, 0.05) is 37.2 Å². The van der Waals surface area contributed by atoms with Gasteiger partial charge in [-0.2, -0.15) is 0 Å². The number of hydrogen-bond donors (Lipinski definition) is 1. The number of nitrogens with zero attached hydrogens (tertiary/aromatic N) is 2. The Morgan fingerprint density at radius 2 is 1.88 bits per heavy atom. The summed E-state index contributed by atoms with van der Waals surface area (Å²) >= 11 is 6.16. The van der Waals surface area contributed by atoms with Crippen molar-refractivity contribution in [2.75, 3.05) is 32.7 Å². The highest BCUT2D eigenvalue weighted by atomic mass is 35.5. The molecular formula is C20H26ClN3O2.